The number of aldehydes is 1. The van der Waals surface area contributed by atoms with Crippen molar-refractivity contribution in [3.63, 3.8) is 0 Å². The first-order valence-electron chi connectivity index (χ1n) is 8.91. The van der Waals surface area contributed by atoms with E-state index in [1.54, 1.807) is 7.05 Å². The minimum atomic E-state index is 0.198. The van der Waals surface area contributed by atoms with Gasteiger partial charge in [0, 0.05) is 13.2 Å². The van der Waals surface area contributed by atoms with Gasteiger partial charge in [0.2, 0.25) is 0 Å². The van der Waals surface area contributed by atoms with E-state index in [2.05, 4.69) is 66.9 Å². The van der Waals surface area contributed by atoms with Gasteiger partial charge in [0.1, 0.15) is 6.17 Å². The van der Waals surface area contributed by atoms with Crippen LogP contribution < -0.4 is 11.0 Å². The largest absolute Gasteiger partial charge is 0.296 e. The zero-order chi connectivity index (χ0) is 18.9. The molecule has 0 aromatic heterocycles. The maximum atomic E-state index is 11.2. The summed E-state index contributed by atoms with van der Waals surface area (Å²) in [6.45, 7) is 8.19. The molecular formula is C21H28N4O. The number of fused-ring (bicyclic) bond motifs is 1. The van der Waals surface area contributed by atoms with Crippen LogP contribution in [0.3, 0.4) is 0 Å². The fraction of sp³-hybridized carbons (Fsp3) is 0.333. The number of carbonyl (C=O) groups is 1. The molecule has 0 aromatic carbocycles. The molecule has 2 rings (SSSR count). The van der Waals surface area contributed by atoms with Crippen molar-refractivity contribution in [1.82, 2.24) is 16.0 Å². The molecule has 1 unspecified atom stereocenters. The van der Waals surface area contributed by atoms with Crippen LogP contribution in [0.4, 0.5) is 0 Å². The van der Waals surface area contributed by atoms with Gasteiger partial charge in [-0.2, -0.15) is 5.53 Å². The Morgan fingerprint density at radius 2 is 2.23 bits per heavy atom. The van der Waals surface area contributed by atoms with Gasteiger partial charge in [-0.25, -0.2) is 5.43 Å². The van der Waals surface area contributed by atoms with E-state index in [1.165, 1.54) is 5.57 Å². The first-order chi connectivity index (χ1) is 12.6. The second-order valence-corrected chi connectivity index (χ2v) is 6.37. The average Bonchev–Trinajstić information content (AvgIpc) is 2.63. The summed E-state index contributed by atoms with van der Waals surface area (Å²) in [5, 5.41) is 1.99. The first-order valence-corrected chi connectivity index (χ1v) is 8.91. The Hall–Kier alpha value is -2.50. The van der Waals surface area contributed by atoms with Crippen molar-refractivity contribution in [3.8, 4) is 0 Å². The third-order valence-electron chi connectivity index (χ3n) is 4.40. The fourth-order valence-electron chi connectivity index (χ4n) is 2.56. The SMILES string of the molecule is C=C(/C=C\C=C(\C)CC/C(=C\C(C=O)=N/C)C1=CN2NNC2C=C1)CC. The number of hydrogen-bond donors (Lipinski definition) is 2. The Kier molecular flexibility index (Phi) is 7.51. The molecule has 5 heteroatoms. The van der Waals surface area contributed by atoms with E-state index in [9.17, 15) is 4.79 Å². The quantitative estimate of drug-likeness (QED) is 0.379. The summed E-state index contributed by atoms with van der Waals surface area (Å²) in [7, 11) is 1.64. The number of hydrazine groups is 2. The van der Waals surface area contributed by atoms with Gasteiger partial charge >= 0.3 is 0 Å². The second kappa shape index (κ2) is 9.85. The van der Waals surface area contributed by atoms with Crippen LogP contribution in [0, 0.1) is 0 Å². The van der Waals surface area contributed by atoms with Crippen LogP contribution in [-0.2, 0) is 4.79 Å². The van der Waals surface area contributed by atoms with Gasteiger partial charge in [0.25, 0.3) is 0 Å². The molecule has 2 heterocycles. The average molecular weight is 352 g/mol. The number of nitrogens with zero attached hydrogens (tertiary/aromatic N) is 2. The lowest BCUT2D eigenvalue weighted by atomic mass is 9.96. The summed E-state index contributed by atoms with van der Waals surface area (Å²) >= 11 is 0. The molecule has 138 valence electrons. The number of allylic oxidation sites excluding steroid dienone is 9. The normalized spacial score (nSPS) is 20.7. The predicted molar refractivity (Wildman–Crippen MR) is 108 cm³/mol. The maximum absolute atomic E-state index is 11.2. The lowest BCUT2D eigenvalue weighted by molar-refractivity contribution is -0.102. The molecule has 1 fully saturated rings. The van der Waals surface area contributed by atoms with Gasteiger partial charge < -0.3 is 0 Å². The summed E-state index contributed by atoms with van der Waals surface area (Å²) in [5.74, 6) is 0. The first kappa shape index (κ1) is 19.8. The van der Waals surface area contributed by atoms with E-state index < -0.39 is 0 Å². The number of carbonyl (C=O) groups excluding carboxylic acids is 1. The van der Waals surface area contributed by atoms with E-state index in [0.29, 0.717) is 5.71 Å². The van der Waals surface area contributed by atoms with Crippen LogP contribution >= 0.6 is 0 Å². The van der Waals surface area contributed by atoms with Crippen molar-refractivity contribution in [3.05, 3.63) is 71.5 Å². The third-order valence-corrected chi connectivity index (χ3v) is 4.40. The lowest BCUT2D eigenvalue weighted by Gasteiger charge is -2.42. The summed E-state index contributed by atoms with van der Waals surface area (Å²) in [6.07, 6.45) is 18.0. The van der Waals surface area contributed by atoms with Gasteiger partial charge in [0.15, 0.2) is 6.29 Å². The zero-order valence-corrected chi connectivity index (χ0v) is 15.8. The van der Waals surface area contributed by atoms with Crippen molar-refractivity contribution in [1.29, 1.82) is 0 Å². The minimum absolute atomic E-state index is 0.198. The lowest BCUT2D eigenvalue weighted by Crippen LogP contribution is -2.68. The van der Waals surface area contributed by atoms with Crippen LogP contribution in [0.1, 0.15) is 33.1 Å². The van der Waals surface area contributed by atoms with Crippen LogP contribution in [-0.4, -0.2) is 30.2 Å². The van der Waals surface area contributed by atoms with Crippen LogP contribution in [0.25, 0.3) is 0 Å². The van der Waals surface area contributed by atoms with Crippen molar-refractivity contribution < 1.29 is 4.79 Å². The van der Waals surface area contributed by atoms with Gasteiger partial charge in [-0.1, -0.05) is 49.0 Å². The highest BCUT2D eigenvalue weighted by atomic mass is 16.1. The maximum Gasteiger partial charge on any atom is 0.167 e. The highest BCUT2D eigenvalue weighted by Crippen LogP contribution is 2.25. The predicted octanol–water partition coefficient (Wildman–Crippen LogP) is 3.54. The Morgan fingerprint density at radius 3 is 2.81 bits per heavy atom. The molecule has 2 aliphatic heterocycles. The molecule has 2 aliphatic rings. The summed E-state index contributed by atoms with van der Waals surface area (Å²) in [4.78, 5) is 15.2. The molecule has 0 aliphatic carbocycles. The third kappa shape index (κ3) is 5.51. The zero-order valence-electron chi connectivity index (χ0n) is 15.8. The van der Waals surface area contributed by atoms with Crippen molar-refractivity contribution in [2.45, 2.75) is 39.3 Å². The van der Waals surface area contributed by atoms with E-state index in [-0.39, 0.29) is 6.17 Å². The molecule has 0 amide bonds. The van der Waals surface area contributed by atoms with Gasteiger partial charge in [0.05, 0.1) is 5.71 Å². The molecule has 0 spiro atoms. The number of aliphatic imine (C=N–C) groups is 1. The molecule has 2 N–H and O–H groups in total. The minimum Gasteiger partial charge on any atom is -0.296 e. The Labute approximate surface area is 156 Å². The molecule has 0 bridgehead atoms. The topological polar surface area (TPSA) is 56.7 Å². The molecule has 1 atom stereocenters. The second-order valence-electron chi connectivity index (χ2n) is 6.37. The molecule has 0 aromatic rings. The molecule has 26 heavy (non-hydrogen) atoms. The number of hydrogen-bond acceptors (Lipinski definition) is 5. The number of rotatable bonds is 9. The van der Waals surface area contributed by atoms with E-state index in [4.69, 9.17) is 0 Å². The highest BCUT2D eigenvalue weighted by molar-refractivity contribution is 6.34. The molecule has 0 saturated carbocycles. The molecule has 1 saturated heterocycles. The standard InChI is InChI=1S/C21H28N4O/c1-5-16(2)7-6-8-17(3)9-10-18(13-20(15-26)22-4)19-11-12-21-23-24-25(21)14-19/h6-8,11-15,21,23-24H,2,5,9-10H2,1,3-4H3/b7-6-,17-8-,18-13+,22-20+. The van der Waals surface area contributed by atoms with Gasteiger partial charge in [-0.15, -0.1) is 0 Å². The van der Waals surface area contributed by atoms with Crippen molar-refractivity contribution in [2.24, 2.45) is 4.99 Å². The fourth-order valence-corrected chi connectivity index (χ4v) is 2.56. The van der Waals surface area contributed by atoms with Crippen LogP contribution in [0.15, 0.2) is 76.5 Å². The Balaban J connectivity index is 2.10. The highest BCUT2D eigenvalue weighted by Gasteiger charge is 2.25. The molecular weight excluding hydrogens is 324 g/mol. The van der Waals surface area contributed by atoms with Crippen LogP contribution in [0.2, 0.25) is 0 Å². The van der Waals surface area contributed by atoms with Crippen LogP contribution in [0.5, 0.6) is 0 Å². The Bertz CT molecular complexity index is 722. The van der Waals surface area contributed by atoms with Gasteiger partial charge in [-0.3, -0.25) is 14.8 Å². The number of nitrogens with one attached hydrogen (secondary N) is 2. The van der Waals surface area contributed by atoms with Crippen molar-refractivity contribution >= 4 is 12.0 Å². The summed E-state index contributed by atoms with van der Waals surface area (Å²) in [5.41, 5.74) is 11.1. The molecule has 5 nitrogen and oxygen atoms in total. The summed E-state index contributed by atoms with van der Waals surface area (Å²) in [6, 6.07) is 0. The Morgan fingerprint density at radius 1 is 1.42 bits per heavy atom. The van der Waals surface area contributed by atoms with E-state index >= 15 is 0 Å². The van der Waals surface area contributed by atoms with Crippen molar-refractivity contribution in [2.75, 3.05) is 7.05 Å². The summed E-state index contributed by atoms with van der Waals surface area (Å²) < 4.78 is 0. The monoisotopic (exact) mass is 352 g/mol. The van der Waals surface area contributed by atoms with E-state index in [1.807, 2.05) is 17.2 Å². The smallest absolute Gasteiger partial charge is 0.167 e. The van der Waals surface area contributed by atoms with Gasteiger partial charge in [-0.05, 0) is 49.5 Å². The van der Waals surface area contributed by atoms with E-state index in [0.717, 1.165) is 42.3 Å². The molecule has 0 radical (unpaired) electrons.